The number of carbonyl (C=O) groups is 3. The summed E-state index contributed by atoms with van der Waals surface area (Å²) in [6.45, 7) is 5.44. The van der Waals surface area contributed by atoms with Crippen molar-refractivity contribution in [1.29, 1.82) is 0 Å². The van der Waals surface area contributed by atoms with Crippen LogP contribution in [-0.2, 0) is 20.7 Å². The molecule has 184 valence electrons. The van der Waals surface area contributed by atoms with E-state index in [0.717, 1.165) is 37.7 Å². The third-order valence-corrected chi connectivity index (χ3v) is 7.17. The number of nitrogens with zero attached hydrogens (tertiary/aromatic N) is 1. The summed E-state index contributed by atoms with van der Waals surface area (Å²) in [5.74, 6) is -0.834. The number of fused-ring (bicyclic) bond motifs is 2. The molecule has 3 amide bonds. The molecule has 2 fully saturated rings. The Balaban J connectivity index is 1.44. The van der Waals surface area contributed by atoms with Crippen LogP contribution in [-0.4, -0.2) is 46.5 Å². The van der Waals surface area contributed by atoms with Crippen LogP contribution in [0.15, 0.2) is 30.3 Å². The molecule has 1 saturated carbocycles. The number of carbonyl (C=O) groups excluding carboxylic acids is 3. The number of nitrogens with one attached hydrogen (secondary N) is 1. The van der Waals surface area contributed by atoms with E-state index >= 15 is 0 Å². The molecule has 0 spiro atoms. The molecule has 1 aromatic rings. The molecule has 0 radical (unpaired) electrons. The predicted molar refractivity (Wildman–Crippen MR) is 131 cm³/mol. The SMILES string of the molecule is CC(C)(C)OC(=O)N1[C@@H]2CC[C@@H](C2)[C@H]1C(=O)N[C@@H](Cc1ccc(C2=CCCCC2)cc1)C(N)=O. The third kappa shape index (κ3) is 5.45. The first-order valence-corrected chi connectivity index (χ1v) is 12.5. The Labute approximate surface area is 202 Å². The number of nitrogens with two attached hydrogens (primary N) is 1. The van der Waals surface area contributed by atoms with Gasteiger partial charge in [-0.3, -0.25) is 14.5 Å². The molecular weight excluding hydrogens is 430 g/mol. The van der Waals surface area contributed by atoms with Gasteiger partial charge in [0.25, 0.3) is 0 Å². The molecule has 0 unspecified atom stereocenters. The molecule has 0 aromatic heterocycles. The zero-order chi connectivity index (χ0) is 24.5. The summed E-state index contributed by atoms with van der Waals surface area (Å²) in [6.07, 6.45) is 9.37. The fourth-order valence-corrected chi connectivity index (χ4v) is 5.57. The van der Waals surface area contributed by atoms with Gasteiger partial charge >= 0.3 is 6.09 Å². The van der Waals surface area contributed by atoms with Gasteiger partial charge in [0, 0.05) is 12.5 Å². The molecular formula is C27H37N3O4. The second kappa shape index (κ2) is 9.80. The van der Waals surface area contributed by atoms with Crippen LogP contribution in [0.25, 0.3) is 5.57 Å². The summed E-state index contributed by atoms with van der Waals surface area (Å²) in [7, 11) is 0. The molecule has 4 atom stereocenters. The second-order valence-electron chi connectivity index (χ2n) is 10.9. The number of allylic oxidation sites excluding steroid dienone is 2. The zero-order valence-corrected chi connectivity index (χ0v) is 20.5. The minimum Gasteiger partial charge on any atom is -0.444 e. The number of primary amides is 1. The highest BCUT2D eigenvalue weighted by Crippen LogP contribution is 2.43. The van der Waals surface area contributed by atoms with Gasteiger partial charge in [-0.25, -0.2) is 4.79 Å². The molecule has 1 saturated heterocycles. The van der Waals surface area contributed by atoms with E-state index in [-0.39, 0.29) is 17.9 Å². The molecule has 2 aliphatic carbocycles. The summed E-state index contributed by atoms with van der Waals surface area (Å²) in [6, 6.07) is 6.68. The zero-order valence-electron chi connectivity index (χ0n) is 20.5. The van der Waals surface area contributed by atoms with Crippen molar-refractivity contribution in [2.75, 3.05) is 0 Å². The average Bonchev–Trinajstić information content (AvgIpc) is 3.40. The van der Waals surface area contributed by atoms with E-state index in [4.69, 9.17) is 10.5 Å². The van der Waals surface area contributed by atoms with Crippen LogP contribution in [0, 0.1) is 5.92 Å². The first-order chi connectivity index (χ1) is 16.1. The van der Waals surface area contributed by atoms with Gasteiger partial charge in [-0.1, -0.05) is 30.3 Å². The van der Waals surface area contributed by atoms with Gasteiger partial charge < -0.3 is 15.8 Å². The summed E-state index contributed by atoms with van der Waals surface area (Å²) >= 11 is 0. The van der Waals surface area contributed by atoms with Crippen molar-refractivity contribution in [1.82, 2.24) is 10.2 Å². The summed E-state index contributed by atoms with van der Waals surface area (Å²) < 4.78 is 5.57. The highest BCUT2D eigenvalue weighted by molar-refractivity contribution is 5.91. The number of likely N-dealkylation sites (tertiary alicyclic amines) is 1. The van der Waals surface area contributed by atoms with E-state index in [0.29, 0.717) is 6.42 Å². The molecule has 3 aliphatic rings. The van der Waals surface area contributed by atoms with E-state index in [1.165, 1.54) is 24.0 Å². The van der Waals surface area contributed by atoms with Crippen molar-refractivity contribution in [2.45, 2.75) is 95.9 Å². The first kappa shape index (κ1) is 24.3. The standard InChI is InChI=1S/C27H37N3O4/c1-27(2,3)34-26(33)30-21-14-13-20(16-21)23(30)25(32)29-22(24(28)31)15-17-9-11-19(12-10-17)18-7-5-4-6-8-18/h7,9-12,20-23H,4-6,8,13-16H2,1-3H3,(H2,28,31)(H,29,32)/t20-,21+,22-,23-/m0/s1. The number of hydrogen-bond acceptors (Lipinski definition) is 4. The maximum absolute atomic E-state index is 13.3. The molecule has 1 aliphatic heterocycles. The Morgan fingerprint density at radius 1 is 1.15 bits per heavy atom. The smallest absolute Gasteiger partial charge is 0.411 e. The number of ether oxygens (including phenoxy) is 1. The van der Waals surface area contributed by atoms with Gasteiger partial charge in [0.1, 0.15) is 17.7 Å². The van der Waals surface area contributed by atoms with E-state index < -0.39 is 29.7 Å². The number of benzene rings is 1. The normalized spacial score (nSPS) is 25.0. The number of rotatable bonds is 6. The highest BCUT2D eigenvalue weighted by atomic mass is 16.6. The van der Waals surface area contributed by atoms with Gasteiger partial charge in [-0.05, 0) is 88.3 Å². The summed E-state index contributed by atoms with van der Waals surface area (Å²) in [5, 5.41) is 2.84. The van der Waals surface area contributed by atoms with Crippen LogP contribution >= 0.6 is 0 Å². The molecule has 1 aromatic carbocycles. The monoisotopic (exact) mass is 467 g/mol. The molecule has 2 bridgehead atoms. The number of amides is 3. The quantitative estimate of drug-likeness (QED) is 0.661. The van der Waals surface area contributed by atoms with Crippen LogP contribution in [0.2, 0.25) is 0 Å². The van der Waals surface area contributed by atoms with Crippen LogP contribution in [0.5, 0.6) is 0 Å². The Bertz CT molecular complexity index is 963. The second-order valence-corrected chi connectivity index (χ2v) is 10.9. The topological polar surface area (TPSA) is 102 Å². The Kier molecular flexibility index (Phi) is 7.01. The van der Waals surface area contributed by atoms with Crippen molar-refractivity contribution >= 4 is 23.5 Å². The van der Waals surface area contributed by atoms with Gasteiger partial charge in [0.15, 0.2) is 0 Å². The number of piperidine rings is 1. The fourth-order valence-electron chi connectivity index (χ4n) is 5.57. The van der Waals surface area contributed by atoms with E-state index in [1.54, 1.807) is 4.90 Å². The Hall–Kier alpha value is -2.83. The molecule has 34 heavy (non-hydrogen) atoms. The minimum atomic E-state index is -0.841. The van der Waals surface area contributed by atoms with Crippen molar-refractivity contribution in [2.24, 2.45) is 11.7 Å². The van der Waals surface area contributed by atoms with Crippen LogP contribution in [0.1, 0.15) is 76.8 Å². The lowest BCUT2D eigenvalue weighted by Crippen LogP contribution is -2.57. The molecule has 7 heteroatoms. The third-order valence-electron chi connectivity index (χ3n) is 7.17. The lowest BCUT2D eigenvalue weighted by atomic mass is 9.92. The van der Waals surface area contributed by atoms with E-state index in [2.05, 4.69) is 23.5 Å². The Morgan fingerprint density at radius 3 is 2.50 bits per heavy atom. The molecule has 3 N–H and O–H groups in total. The number of hydrogen-bond donors (Lipinski definition) is 2. The van der Waals surface area contributed by atoms with Crippen molar-refractivity contribution in [3.63, 3.8) is 0 Å². The average molecular weight is 468 g/mol. The lowest BCUT2D eigenvalue weighted by molar-refractivity contribution is -0.132. The largest absolute Gasteiger partial charge is 0.444 e. The predicted octanol–water partition coefficient (Wildman–Crippen LogP) is 3.94. The van der Waals surface area contributed by atoms with E-state index in [9.17, 15) is 14.4 Å². The molecule has 7 nitrogen and oxygen atoms in total. The minimum absolute atomic E-state index is 0.00395. The van der Waals surface area contributed by atoms with Crippen LogP contribution in [0.3, 0.4) is 0 Å². The van der Waals surface area contributed by atoms with Crippen LogP contribution in [0.4, 0.5) is 4.79 Å². The van der Waals surface area contributed by atoms with E-state index in [1.807, 2.05) is 32.9 Å². The lowest BCUT2D eigenvalue weighted by Gasteiger charge is -2.36. The van der Waals surface area contributed by atoms with Gasteiger partial charge in [-0.15, -0.1) is 0 Å². The fraction of sp³-hybridized carbons (Fsp3) is 0.593. The first-order valence-electron chi connectivity index (χ1n) is 12.5. The summed E-state index contributed by atoms with van der Waals surface area (Å²) in [5.41, 5.74) is 8.53. The highest BCUT2D eigenvalue weighted by Gasteiger charge is 2.52. The molecule has 1 heterocycles. The van der Waals surface area contributed by atoms with Gasteiger partial charge in [-0.2, -0.15) is 0 Å². The maximum atomic E-state index is 13.3. The van der Waals surface area contributed by atoms with Crippen molar-refractivity contribution in [3.8, 4) is 0 Å². The Morgan fingerprint density at radius 2 is 1.88 bits per heavy atom. The maximum Gasteiger partial charge on any atom is 0.411 e. The summed E-state index contributed by atoms with van der Waals surface area (Å²) in [4.78, 5) is 40.0. The molecule has 4 rings (SSSR count). The van der Waals surface area contributed by atoms with Gasteiger partial charge in [0.05, 0.1) is 0 Å². The van der Waals surface area contributed by atoms with Crippen LogP contribution < -0.4 is 11.1 Å². The van der Waals surface area contributed by atoms with Crippen molar-refractivity contribution < 1.29 is 19.1 Å². The van der Waals surface area contributed by atoms with Gasteiger partial charge in [0.2, 0.25) is 11.8 Å². The van der Waals surface area contributed by atoms with Crippen molar-refractivity contribution in [3.05, 3.63) is 41.5 Å².